The van der Waals surface area contributed by atoms with Gasteiger partial charge >= 0.3 is 0 Å². The van der Waals surface area contributed by atoms with Crippen LogP contribution in [0.4, 0.5) is 0 Å². The summed E-state index contributed by atoms with van der Waals surface area (Å²) >= 11 is 0. The summed E-state index contributed by atoms with van der Waals surface area (Å²) in [6.45, 7) is 2.14. The average Bonchev–Trinajstić information content (AvgIpc) is 2.79. The van der Waals surface area contributed by atoms with Crippen LogP contribution in [0.2, 0.25) is 0 Å². The van der Waals surface area contributed by atoms with Crippen LogP contribution in [-0.2, 0) is 0 Å². The maximum absolute atomic E-state index is 3.50. The Balaban J connectivity index is 2.38. The van der Waals surface area contributed by atoms with Crippen molar-refractivity contribution >= 4 is 27.2 Å². The number of nitrogens with zero attached hydrogens (tertiary/aromatic N) is 1. The predicted molar refractivity (Wildman–Crippen MR) is 73.7 cm³/mol. The van der Waals surface area contributed by atoms with Gasteiger partial charge in [-0.25, -0.2) is 4.98 Å². The number of H-pyrrole nitrogens is 1. The molecule has 0 bridgehead atoms. The molecule has 0 aliphatic carbocycles. The molecule has 3 aromatic heterocycles. The number of benzene rings is 1. The molecule has 3 heterocycles. The van der Waals surface area contributed by atoms with Gasteiger partial charge in [-0.3, -0.25) is 0 Å². The van der Waals surface area contributed by atoms with E-state index in [2.05, 4.69) is 71.2 Å². The van der Waals surface area contributed by atoms with Gasteiger partial charge in [-0.1, -0.05) is 18.2 Å². The monoisotopic (exact) mass is 233 g/mol. The van der Waals surface area contributed by atoms with Crippen molar-refractivity contribution in [1.82, 2.24) is 4.40 Å². The molecule has 1 N–H and O–H groups in total. The van der Waals surface area contributed by atoms with E-state index < -0.39 is 0 Å². The molecule has 0 aliphatic heterocycles. The van der Waals surface area contributed by atoms with E-state index in [1.165, 1.54) is 32.9 Å². The molecule has 0 radical (unpaired) electrons. The normalized spacial score (nSPS) is 11.6. The zero-order valence-corrected chi connectivity index (χ0v) is 10.1. The lowest BCUT2D eigenvalue weighted by atomic mass is 10.1. The lowest BCUT2D eigenvalue weighted by Crippen LogP contribution is -2.08. The van der Waals surface area contributed by atoms with Gasteiger partial charge in [-0.15, -0.1) is 0 Å². The number of aryl methyl sites for hydroxylation is 1. The first-order valence-corrected chi connectivity index (χ1v) is 6.14. The minimum absolute atomic E-state index is 1.19. The molecule has 0 saturated heterocycles. The minimum Gasteiger partial charge on any atom is -0.322 e. The van der Waals surface area contributed by atoms with Gasteiger partial charge in [0.25, 0.3) is 0 Å². The second kappa shape index (κ2) is 3.33. The van der Waals surface area contributed by atoms with Crippen LogP contribution < -0.4 is 4.98 Å². The van der Waals surface area contributed by atoms with E-state index in [0.717, 1.165) is 0 Å². The van der Waals surface area contributed by atoms with Gasteiger partial charge < -0.3 is 4.40 Å². The molecule has 4 aromatic rings. The molecule has 0 fully saturated rings. The SMILES string of the molecule is Cc1[nH+]c2ccccc2c2cn3ccccc3c12. The number of aromatic nitrogens is 2. The third kappa shape index (κ3) is 1.15. The summed E-state index contributed by atoms with van der Waals surface area (Å²) in [5.74, 6) is 0. The molecule has 2 nitrogen and oxygen atoms in total. The van der Waals surface area contributed by atoms with Crippen molar-refractivity contribution < 1.29 is 4.98 Å². The Labute approximate surface area is 104 Å². The highest BCUT2D eigenvalue weighted by Gasteiger charge is 2.14. The second-order valence-electron chi connectivity index (χ2n) is 4.71. The first-order chi connectivity index (χ1) is 8.84. The molecule has 0 amide bonds. The first-order valence-electron chi connectivity index (χ1n) is 6.14. The highest BCUT2D eigenvalue weighted by molar-refractivity contribution is 6.11. The van der Waals surface area contributed by atoms with Crippen molar-refractivity contribution in [2.24, 2.45) is 0 Å². The quantitative estimate of drug-likeness (QED) is 0.443. The van der Waals surface area contributed by atoms with Gasteiger partial charge in [0.15, 0.2) is 5.69 Å². The van der Waals surface area contributed by atoms with Crippen LogP contribution in [0.3, 0.4) is 0 Å². The largest absolute Gasteiger partial charge is 0.322 e. The second-order valence-corrected chi connectivity index (χ2v) is 4.71. The molecular formula is C16H13N2+. The minimum atomic E-state index is 1.19. The Morgan fingerprint density at radius 3 is 2.72 bits per heavy atom. The predicted octanol–water partition coefficient (Wildman–Crippen LogP) is 3.37. The Morgan fingerprint density at radius 1 is 0.944 bits per heavy atom. The van der Waals surface area contributed by atoms with Crippen molar-refractivity contribution in [3.05, 3.63) is 60.6 Å². The molecule has 18 heavy (non-hydrogen) atoms. The summed E-state index contributed by atoms with van der Waals surface area (Å²) < 4.78 is 2.19. The highest BCUT2D eigenvalue weighted by atomic mass is 14.9. The van der Waals surface area contributed by atoms with Crippen LogP contribution in [0.25, 0.3) is 27.2 Å². The summed E-state index contributed by atoms with van der Waals surface area (Å²) in [5, 5.41) is 3.91. The molecule has 2 heteroatoms. The molecule has 0 aliphatic rings. The van der Waals surface area contributed by atoms with Gasteiger partial charge in [0.1, 0.15) is 0 Å². The number of nitrogens with one attached hydrogen (secondary N) is 1. The summed E-state index contributed by atoms with van der Waals surface area (Å²) in [5.41, 5.74) is 3.67. The Bertz CT molecular complexity index is 887. The van der Waals surface area contributed by atoms with Crippen molar-refractivity contribution in [2.45, 2.75) is 6.92 Å². The standard InChI is InChI=1S/C16H12N2/c1-11-16-13(10-18-9-5-4-8-15(16)18)12-6-2-3-7-14(12)17-11/h2-10H,1H3/p+1. The van der Waals surface area contributed by atoms with Gasteiger partial charge in [0, 0.05) is 30.8 Å². The lowest BCUT2D eigenvalue weighted by Gasteiger charge is -1.96. The topological polar surface area (TPSA) is 18.6 Å². The molecule has 86 valence electrons. The Morgan fingerprint density at radius 2 is 1.78 bits per heavy atom. The number of aromatic amines is 1. The first kappa shape index (κ1) is 9.66. The summed E-state index contributed by atoms with van der Waals surface area (Å²) in [4.78, 5) is 3.50. The van der Waals surface area contributed by atoms with Crippen molar-refractivity contribution in [3.8, 4) is 0 Å². The van der Waals surface area contributed by atoms with Crippen molar-refractivity contribution in [3.63, 3.8) is 0 Å². The van der Waals surface area contributed by atoms with Crippen molar-refractivity contribution in [1.29, 1.82) is 0 Å². The van der Waals surface area contributed by atoms with Gasteiger partial charge in [0.2, 0.25) is 5.52 Å². The summed E-state index contributed by atoms with van der Waals surface area (Å²) in [6.07, 6.45) is 4.32. The average molecular weight is 233 g/mol. The van der Waals surface area contributed by atoms with Crippen LogP contribution in [0.5, 0.6) is 0 Å². The molecule has 0 saturated carbocycles. The van der Waals surface area contributed by atoms with Crippen LogP contribution in [0.1, 0.15) is 5.69 Å². The van der Waals surface area contributed by atoms with E-state index in [9.17, 15) is 0 Å². The van der Waals surface area contributed by atoms with E-state index in [-0.39, 0.29) is 0 Å². The maximum Gasteiger partial charge on any atom is 0.211 e. The maximum atomic E-state index is 3.50. The number of rotatable bonds is 0. The van der Waals surface area contributed by atoms with E-state index >= 15 is 0 Å². The number of hydrogen-bond donors (Lipinski definition) is 0. The number of pyridine rings is 2. The Kier molecular flexibility index (Phi) is 1.78. The molecule has 0 atom stereocenters. The van der Waals surface area contributed by atoms with Crippen LogP contribution in [-0.4, -0.2) is 4.40 Å². The number of hydrogen-bond acceptors (Lipinski definition) is 0. The van der Waals surface area contributed by atoms with E-state index in [0.29, 0.717) is 0 Å². The van der Waals surface area contributed by atoms with E-state index in [4.69, 9.17) is 0 Å². The zero-order chi connectivity index (χ0) is 12.1. The highest BCUT2D eigenvalue weighted by Crippen LogP contribution is 2.28. The summed E-state index contributed by atoms with van der Waals surface area (Å²) in [7, 11) is 0. The van der Waals surface area contributed by atoms with Crippen LogP contribution in [0.15, 0.2) is 54.9 Å². The smallest absolute Gasteiger partial charge is 0.211 e. The summed E-state index contributed by atoms with van der Waals surface area (Å²) in [6, 6.07) is 14.8. The fourth-order valence-electron chi connectivity index (χ4n) is 2.81. The van der Waals surface area contributed by atoms with Crippen LogP contribution in [0, 0.1) is 6.92 Å². The third-order valence-corrected chi connectivity index (χ3v) is 3.60. The number of para-hydroxylation sites is 1. The van der Waals surface area contributed by atoms with Gasteiger partial charge in [0.05, 0.1) is 16.3 Å². The molecule has 4 rings (SSSR count). The van der Waals surface area contributed by atoms with E-state index in [1.807, 2.05) is 0 Å². The fourth-order valence-corrected chi connectivity index (χ4v) is 2.81. The molecular weight excluding hydrogens is 220 g/mol. The van der Waals surface area contributed by atoms with Gasteiger partial charge in [-0.05, 0) is 18.2 Å². The van der Waals surface area contributed by atoms with Crippen molar-refractivity contribution in [2.75, 3.05) is 0 Å². The number of fused-ring (bicyclic) bond motifs is 5. The lowest BCUT2D eigenvalue weighted by molar-refractivity contribution is -0.352. The molecule has 0 unspecified atom stereocenters. The van der Waals surface area contributed by atoms with E-state index in [1.54, 1.807) is 0 Å². The fraction of sp³-hybridized carbons (Fsp3) is 0.0625. The Hall–Kier alpha value is -2.35. The molecule has 1 aromatic carbocycles. The zero-order valence-electron chi connectivity index (χ0n) is 10.1. The third-order valence-electron chi connectivity index (χ3n) is 3.60. The van der Waals surface area contributed by atoms with Crippen LogP contribution >= 0.6 is 0 Å². The molecule has 0 spiro atoms. The van der Waals surface area contributed by atoms with Gasteiger partial charge in [-0.2, -0.15) is 0 Å².